The van der Waals surface area contributed by atoms with E-state index in [1.54, 1.807) is 0 Å². The van der Waals surface area contributed by atoms with Gasteiger partial charge in [-0.3, -0.25) is 0 Å². The Kier molecular flexibility index (Phi) is 18.4. The summed E-state index contributed by atoms with van der Waals surface area (Å²) in [4.78, 5) is 13.1. The molecule has 2 amide bonds. The SMILES string of the molecule is CCNC=NC(N)=O.Cl.Cl. The van der Waals surface area contributed by atoms with Crippen molar-refractivity contribution in [3.05, 3.63) is 0 Å². The lowest BCUT2D eigenvalue weighted by Crippen LogP contribution is -2.13. The Morgan fingerprint density at radius 1 is 1.70 bits per heavy atom. The van der Waals surface area contributed by atoms with Crippen LogP contribution in [0.3, 0.4) is 0 Å². The zero-order valence-electron chi connectivity index (χ0n) is 5.53. The molecule has 0 aromatic heterocycles. The lowest BCUT2D eigenvalue weighted by Gasteiger charge is -1.86. The van der Waals surface area contributed by atoms with Gasteiger partial charge < -0.3 is 11.1 Å². The molecule has 0 aliphatic heterocycles. The zero-order chi connectivity index (χ0) is 6.41. The van der Waals surface area contributed by atoms with Crippen LogP contribution in [0.2, 0.25) is 0 Å². The second-order valence-electron chi connectivity index (χ2n) is 1.15. The van der Waals surface area contributed by atoms with Gasteiger partial charge in [0.2, 0.25) is 0 Å². The molecular formula is C4H11Cl2N3O. The fourth-order valence-corrected chi connectivity index (χ4v) is 0.201. The third-order valence-corrected chi connectivity index (χ3v) is 0.487. The number of rotatable bonds is 2. The van der Waals surface area contributed by atoms with E-state index in [4.69, 9.17) is 0 Å². The van der Waals surface area contributed by atoms with Gasteiger partial charge in [0.1, 0.15) is 0 Å². The van der Waals surface area contributed by atoms with Gasteiger partial charge in [0, 0.05) is 6.54 Å². The highest BCUT2D eigenvalue weighted by Crippen LogP contribution is 1.59. The van der Waals surface area contributed by atoms with Crippen molar-refractivity contribution in [2.45, 2.75) is 6.92 Å². The summed E-state index contributed by atoms with van der Waals surface area (Å²) in [5.41, 5.74) is 4.66. The number of nitrogens with one attached hydrogen (secondary N) is 1. The average Bonchev–Trinajstić information content (AvgIpc) is 1.66. The quantitative estimate of drug-likeness (QED) is 0.490. The van der Waals surface area contributed by atoms with Gasteiger partial charge in [-0.05, 0) is 6.92 Å². The highest BCUT2D eigenvalue weighted by atomic mass is 35.5. The fourth-order valence-electron chi connectivity index (χ4n) is 0.201. The number of hydrogen-bond donors (Lipinski definition) is 2. The second-order valence-corrected chi connectivity index (χ2v) is 1.15. The van der Waals surface area contributed by atoms with Crippen LogP contribution in [0.1, 0.15) is 6.92 Å². The summed E-state index contributed by atoms with van der Waals surface area (Å²) in [7, 11) is 0. The Hall–Kier alpha value is -0.480. The summed E-state index contributed by atoms with van der Waals surface area (Å²) in [6.45, 7) is 2.64. The molecule has 0 unspecified atom stereocenters. The van der Waals surface area contributed by atoms with Crippen molar-refractivity contribution in [1.82, 2.24) is 5.32 Å². The third kappa shape index (κ3) is 15.6. The van der Waals surface area contributed by atoms with Crippen LogP contribution in [0.15, 0.2) is 4.99 Å². The van der Waals surface area contributed by atoms with E-state index in [2.05, 4.69) is 16.0 Å². The van der Waals surface area contributed by atoms with Gasteiger partial charge in [0.05, 0.1) is 6.34 Å². The molecule has 10 heavy (non-hydrogen) atoms. The van der Waals surface area contributed by atoms with Crippen molar-refractivity contribution >= 4 is 37.2 Å². The molecule has 0 spiro atoms. The van der Waals surface area contributed by atoms with Crippen molar-refractivity contribution in [1.29, 1.82) is 0 Å². The van der Waals surface area contributed by atoms with E-state index in [0.29, 0.717) is 0 Å². The largest absolute Gasteiger partial charge is 0.376 e. The molecule has 0 aromatic rings. The van der Waals surface area contributed by atoms with Gasteiger partial charge in [-0.1, -0.05) is 0 Å². The van der Waals surface area contributed by atoms with Crippen LogP contribution < -0.4 is 11.1 Å². The first kappa shape index (κ1) is 16.3. The molecule has 0 aliphatic carbocycles. The van der Waals surface area contributed by atoms with Crippen LogP contribution in [0, 0.1) is 0 Å². The van der Waals surface area contributed by atoms with Crippen LogP contribution in [0.4, 0.5) is 4.79 Å². The normalized spacial score (nSPS) is 7.70. The molecule has 0 rings (SSSR count). The van der Waals surface area contributed by atoms with Crippen LogP contribution >= 0.6 is 24.8 Å². The number of carbonyl (C=O) groups is 1. The number of halogens is 2. The van der Waals surface area contributed by atoms with Gasteiger partial charge >= 0.3 is 6.03 Å². The number of amides is 2. The standard InChI is InChI=1S/C4H9N3O.2ClH/c1-2-6-3-7-4(5)8;;/h3H,2H2,1H3,(H3,5,6,7,8);2*1H. The molecule has 0 bridgehead atoms. The zero-order valence-corrected chi connectivity index (χ0v) is 7.17. The number of aliphatic imine (C=N–C) groups is 1. The maximum absolute atomic E-state index is 9.86. The average molecular weight is 188 g/mol. The van der Waals surface area contributed by atoms with Crippen molar-refractivity contribution in [2.75, 3.05) is 6.54 Å². The van der Waals surface area contributed by atoms with E-state index >= 15 is 0 Å². The van der Waals surface area contributed by atoms with E-state index < -0.39 is 6.03 Å². The molecule has 0 saturated heterocycles. The van der Waals surface area contributed by atoms with Gasteiger partial charge in [-0.25, -0.2) is 4.79 Å². The molecule has 4 nitrogen and oxygen atoms in total. The number of nitrogens with two attached hydrogens (primary N) is 1. The van der Waals surface area contributed by atoms with E-state index in [1.165, 1.54) is 6.34 Å². The first-order valence-electron chi connectivity index (χ1n) is 2.32. The minimum Gasteiger partial charge on any atom is -0.376 e. The Morgan fingerprint density at radius 3 is 2.50 bits per heavy atom. The molecule has 0 aromatic carbocycles. The molecule has 62 valence electrons. The Morgan fingerprint density at radius 2 is 2.20 bits per heavy atom. The molecule has 0 atom stereocenters. The van der Waals surface area contributed by atoms with E-state index in [1.807, 2.05) is 6.92 Å². The van der Waals surface area contributed by atoms with E-state index in [0.717, 1.165) is 6.54 Å². The molecule has 0 heterocycles. The topological polar surface area (TPSA) is 67.5 Å². The predicted octanol–water partition coefficient (Wildman–Crippen LogP) is 0.547. The minimum absolute atomic E-state index is 0. The van der Waals surface area contributed by atoms with Crippen molar-refractivity contribution in [3.8, 4) is 0 Å². The lowest BCUT2D eigenvalue weighted by atomic mass is 10.8. The molecule has 6 heteroatoms. The fraction of sp³-hybridized carbons (Fsp3) is 0.500. The van der Waals surface area contributed by atoms with Crippen LogP contribution in [0.5, 0.6) is 0 Å². The number of carbonyl (C=O) groups excluding carboxylic acids is 1. The maximum Gasteiger partial charge on any atom is 0.339 e. The molecule has 0 aliphatic rings. The van der Waals surface area contributed by atoms with Crippen LogP contribution in [-0.2, 0) is 0 Å². The van der Waals surface area contributed by atoms with Gasteiger partial charge in [0.25, 0.3) is 0 Å². The van der Waals surface area contributed by atoms with Gasteiger partial charge in [-0.15, -0.1) is 24.8 Å². The highest BCUT2D eigenvalue weighted by Gasteiger charge is 1.77. The summed E-state index contributed by atoms with van der Waals surface area (Å²) >= 11 is 0. The van der Waals surface area contributed by atoms with Crippen LogP contribution in [0.25, 0.3) is 0 Å². The first-order chi connectivity index (χ1) is 3.77. The van der Waals surface area contributed by atoms with Crippen molar-refractivity contribution in [2.24, 2.45) is 10.7 Å². The van der Waals surface area contributed by atoms with Gasteiger partial charge in [0.15, 0.2) is 0 Å². The Bertz CT molecular complexity index is 107. The highest BCUT2D eigenvalue weighted by molar-refractivity contribution is 5.85. The second kappa shape index (κ2) is 11.3. The van der Waals surface area contributed by atoms with Crippen LogP contribution in [-0.4, -0.2) is 18.9 Å². The monoisotopic (exact) mass is 187 g/mol. The van der Waals surface area contributed by atoms with Crippen molar-refractivity contribution in [3.63, 3.8) is 0 Å². The Balaban J connectivity index is -0.000000245. The molecule has 0 radical (unpaired) electrons. The smallest absolute Gasteiger partial charge is 0.339 e. The lowest BCUT2D eigenvalue weighted by molar-refractivity contribution is 0.257. The first-order valence-corrected chi connectivity index (χ1v) is 2.32. The Labute approximate surface area is 72.1 Å². The summed E-state index contributed by atoms with van der Waals surface area (Å²) in [5.74, 6) is 0. The minimum atomic E-state index is -0.675. The third-order valence-electron chi connectivity index (χ3n) is 0.487. The molecular weight excluding hydrogens is 177 g/mol. The van der Waals surface area contributed by atoms with E-state index in [-0.39, 0.29) is 24.8 Å². The molecule has 0 fully saturated rings. The summed E-state index contributed by atoms with van der Waals surface area (Å²) < 4.78 is 0. The summed E-state index contributed by atoms with van der Waals surface area (Å²) in [6, 6.07) is -0.675. The molecule has 3 N–H and O–H groups in total. The number of nitrogens with zero attached hydrogens (tertiary/aromatic N) is 1. The van der Waals surface area contributed by atoms with Crippen molar-refractivity contribution < 1.29 is 4.79 Å². The van der Waals surface area contributed by atoms with Gasteiger partial charge in [-0.2, -0.15) is 4.99 Å². The number of hydrogen-bond acceptors (Lipinski definition) is 1. The summed E-state index contributed by atoms with van der Waals surface area (Å²) in [6.07, 6.45) is 1.28. The number of primary amides is 1. The summed E-state index contributed by atoms with van der Waals surface area (Å²) in [5, 5.41) is 2.69. The predicted molar refractivity (Wildman–Crippen MR) is 46.2 cm³/mol. The molecule has 0 saturated carbocycles. The maximum atomic E-state index is 9.86. The van der Waals surface area contributed by atoms with E-state index in [9.17, 15) is 4.79 Å². The number of urea groups is 1.